The fourth-order valence-corrected chi connectivity index (χ4v) is 2.65. The van der Waals surface area contributed by atoms with Crippen LogP contribution in [0.15, 0.2) is 53.6 Å². The molecule has 0 spiro atoms. The first-order valence-corrected chi connectivity index (χ1v) is 7.82. The molecule has 0 saturated carbocycles. The van der Waals surface area contributed by atoms with Crippen LogP contribution < -0.4 is 4.72 Å². The van der Waals surface area contributed by atoms with Crippen LogP contribution in [0.5, 0.6) is 0 Å². The number of benzene rings is 1. The molecule has 2 rings (SSSR count). The van der Waals surface area contributed by atoms with Gasteiger partial charge in [-0.3, -0.25) is 4.72 Å². The monoisotopic (exact) mass is 318 g/mol. The molecule has 0 amide bonds. The van der Waals surface area contributed by atoms with E-state index in [0.29, 0.717) is 5.56 Å². The van der Waals surface area contributed by atoms with Gasteiger partial charge < -0.3 is 5.11 Å². The number of nitrogens with one attached hydrogen (secondary N) is 1. The number of carboxylic acids is 1. The van der Waals surface area contributed by atoms with E-state index in [1.165, 1.54) is 30.5 Å². The predicted octanol–water partition coefficient (Wildman–Crippen LogP) is 2.29. The second kappa shape index (κ2) is 6.40. The van der Waals surface area contributed by atoms with Gasteiger partial charge in [-0.25, -0.2) is 18.2 Å². The van der Waals surface area contributed by atoms with Crippen LogP contribution in [0.25, 0.3) is 6.08 Å². The third-order valence-corrected chi connectivity index (χ3v) is 4.15. The molecule has 0 radical (unpaired) electrons. The van der Waals surface area contributed by atoms with Crippen LogP contribution in [0.3, 0.4) is 0 Å². The van der Waals surface area contributed by atoms with Crippen molar-refractivity contribution in [2.24, 2.45) is 0 Å². The molecule has 0 aliphatic carbocycles. The van der Waals surface area contributed by atoms with Gasteiger partial charge in [-0.2, -0.15) is 0 Å². The number of nitrogens with zero attached hydrogens (tertiary/aromatic N) is 1. The van der Waals surface area contributed by atoms with Crippen LogP contribution in [0.1, 0.15) is 11.1 Å². The molecular weight excluding hydrogens is 304 g/mol. The number of sulfonamides is 1. The van der Waals surface area contributed by atoms with Crippen LogP contribution in [-0.4, -0.2) is 24.5 Å². The molecule has 0 aliphatic rings. The molecule has 0 unspecified atom stereocenters. The van der Waals surface area contributed by atoms with Crippen molar-refractivity contribution in [2.75, 3.05) is 4.72 Å². The van der Waals surface area contributed by atoms with Crippen LogP contribution in [0.4, 0.5) is 5.82 Å². The molecule has 1 aromatic carbocycles. The summed E-state index contributed by atoms with van der Waals surface area (Å²) in [6.07, 6.45) is 3.73. The second-order valence-corrected chi connectivity index (χ2v) is 6.25. The molecule has 0 bridgehead atoms. The topological polar surface area (TPSA) is 96.4 Å². The Hall–Kier alpha value is -2.67. The number of hydrogen-bond acceptors (Lipinski definition) is 4. The highest BCUT2D eigenvalue weighted by Crippen LogP contribution is 2.15. The molecule has 0 fully saturated rings. The van der Waals surface area contributed by atoms with E-state index in [4.69, 9.17) is 5.11 Å². The lowest BCUT2D eigenvalue weighted by Gasteiger charge is -2.07. The Bertz CT molecular complexity index is 794. The van der Waals surface area contributed by atoms with Gasteiger partial charge in [0.2, 0.25) is 0 Å². The zero-order chi connectivity index (χ0) is 16.2. The molecule has 7 heteroatoms. The Balaban J connectivity index is 2.16. The number of rotatable bonds is 5. The number of hydrogen-bond donors (Lipinski definition) is 2. The zero-order valence-electron chi connectivity index (χ0n) is 11.7. The van der Waals surface area contributed by atoms with Gasteiger partial charge in [0.05, 0.1) is 4.90 Å². The summed E-state index contributed by atoms with van der Waals surface area (Å²) in [5, 5.41) is 8.53. The van der Waals surface area contributed by atoms with Crippen molar-refractivity contribution < 1.29 is 18.3 Å². The Morgan fingerprint density at radius 1 is 1.18 bits per heavy atom. The first-order valence-electron chi connectivity index (χ1n) is 6.33. The van der Waals surface area contributed by atoms with Crippen molar-refractivity contribution >= 4 is 27.9 Å². The van der Waals surface area contributed by atoms with Gasteiger partial charge in [-0.05, 0) is 42.8 Å². The molecule has 6 nitrogen and oxygen atoms in total. The molecule has 22 heavy (non-hydrogen) atoms. The number of aliphatic carboxylic acids is 1. The summed E-state index contributed by atoms with van der Waals surface area (Å²) in [7, 11) is -3.69. The van der Waals surface area contributed by atoms with Gasteiger partial charge >= 0.3 is 5.97 Å². The van der Waals surface area contributed by atoms with Crippen LogP contribution in [0, 0.1) is 6.92 Å². The second-order valence-electron chi connectivity index (χ2n) is 4.57. The van der Waals surface area contributed by atoms with Gasteiger partial charge in [0, 0.05) is 12.3 Å². The summed E-state index contributed by atoms with van der Waals surface area (Å²) in [6.45, 7) is 1.87. The minimum Gasteiger partial charge on any atom is -0.478 e. The van der Waals surface area contributed by atoms with Gasteiger partial charge in [-0.15, -0.1) is 0 Å². The Morgan fingerprint density at radius 2 is 1.86 bits per heavy atom. The van der Waals surface area contributed by atoms with E-state index in [-0.39, 0.29) is 10.7 Å². The third-order valence-electron chi connectivity index (χ3n) is 2.77. The average Bonchev–Trinajstić information content (AvgIpc) is 2.46. The lowest BCUT2D eigenvalue weighted by Crippen LogP contribution is -2.13. The minimum atomic E-state index is -3.69. The first kappa shape index (κ1) is 15.7. The van der Waals surface area contributed by atoms with Crippen molar-refractivity contribution in [1.29, 1.82) is 0 Å². The van der Waals surface area contributed by atoms with E-state index in [2.05, 4.69) is 9.71 Å². The SMILES string of the molecule is Cc1ccc(S(=O)(=O)Nc2ccc(/C=C/C(=O)O)cn2)cc1. The molecule has 0 saturated heterocycles. The fourth-order valence-electron chi connectivity index (χ4n) is 1.65. The van der Waals surface area contributed by atoms with E-state index in [1.807, 2.05) is 6.92 Å². The summed E-state index contributed by atoms with van der Waals surface area (Å²) in [5.41, 5.74) is 1.52. The smallest absolute Gasteiger partial charge is 0.328 e. The molecule has 1 heterocycles. The predicted molar refractivity (Wildman–Crippen MR) is 82.9 cm³/mol. The van der Waals surface area contributed by atoms with Crippen molar-refractivity contribution in [3.05, 3.63) is 59.8 Å². The highest BCUT2D eigenvalue weighted by Gasteiger charge is 2.14. The maximum absolute atomic E-state index is 12.2. The quantitative estimate of drug-likeness (QED) is 0.825. The van der Waals surface area contributed by atoms with Crippen molar-refractivity contribution in [3.8, 4) is 0 Å². The van der Waals surface area contributed by atoms with Crippen LogP contribution in [-0.2, 0) is 14.8 Å². The molecule has 114 valence electrons. The number of carboxylic acid groups (broad SMARTS) is 1. The summed E-state index contributed by atoms with van der Waals surface area (Å²) < 4.78 is 26.7. The van der Waals surface area contributed by atoms with E-state index < -0.39 is 16.0 Å². The highest BCUT2D eigenvalue weighted by molar-refractivity contribution is 7.92. The lowest BCUT2D eigenvalue weighted by molar-refractivity contribution is -0.131. The molecule has 1 aromatic heterocycles. The summed E-state index contributed by atoms with van der Waals surface area (Å²) in [4.78, 5) is 14.5. The van der Waals surface area contributed by atoms with Crippen molar-refractivity contribution in [3.63, 3.8) is 0 Å². The molecular formula is C15H14N2O4S. The van der Waals surface area contributed by atoms with Gasteiger partial charge in [-0.1, -0.05) is 17.7 Å². The van der Waals surface area contributed by atoms with E-state index >= 15 is 0 Å². The van der Waals surface area contributed by atoms with E-state index in [0.717, 1.165) is 11.6 Å². The fraction of sp³-hybridized carbons (Fsp3) is 0.0667. The lowest BCUT2D eigenvalue weighted by atomic mass is 10.2. The molecule has 0 atom stereocenters. The molecule has 2 N–H and O–H groups in total. The summed E-state index contributed by atoms with van der Waals surface area (Å²) >= 11 is 0. The number of pyridine rings is 1. The number of carbonyl (C=O) groups is 1. The van der Waals surface area contributed by atoms with E-state index in [9.17, 15) is 13.2 Å². The number of aryl methyl sites for hydroxylation is 1. The summed E-state index contributed by atoms with van der Waals surface area (Å²) in [5.74, 6) is -0.905. The van der Waals surface area contributed by atoms with Gasteiger partial charge in [0.1, 0.15) is 5.82 Å². The molecule has 0 aliphatic heterocycles. The highest BCUT2D eigenvalue weighted by atomic mass is 32.2. The Labute approximate surface area is 128 Å². The average molecular weight is 318 g/mol. The number of anilines is 1. The summed E-state index contributed by atoms with van der Waals surface area (Å²) in [6, 6.07) is 9.49. The minimum absolute atomic E-state index is 0.148. The Kier molecular flexibility index (Phi) is 4.57. The zero-order valence-corrected chi connectivity index (χ0v) is 12.5. The van der Waals surface area contributed by atoms with Crippen LogP contribution >= 0.6 is 0 Å². The van der Waals surface area contributed by atoms with E-state index in [1.54, 1.807) is 18.2 Å². The van der Waals surface area contributed by atoms with Crippen molar-refractivity contribution in [1.82, 2.24) is 4.98 Å². The normalized spacial score (nSPS) is 11.5. The van der Waals surface area contributed by atoms with Crippen LogP contribution in [0.2, 0.25) is 0 Å². The van der Waals surface area contributed by atoms with Gasteiger partial charge in [0.25, 0.3) is 10.0 Å². The van der Waals surface area contributed by atoms with Crippen molar-refractivity contribution in [2.45, 2.75) is 11.8 Å². The maximum Gasteiger partial charge on any atom is 0.328 e. The third kappa shape index (κ3) is 4.16. The molecule has 2 aromatic rings. The largest absolute Gasteiger partial charge is 0.478 e. The maximum atomic E-state index is 12.2. The standard InChI is InChI=1S/C15H14N2O4S/c1-11-2-6-13(7-3-11)22(20,21)17-14-8-4-12(10-16-14)5-9-15(18)19/h2-10H,1H3,(H,16,17)(H,18,19)/b9-5+. The number of aromatic nitrogens is 1. The van der Waals surface area contributed by atoms with Gasteiger partial charge in [0.15, 0.2) is 0 Å². The Morgan fingerprint density at radius 3 is 2.41 bits per heavy atom. The first-order chi connectivity index (χ1) is 10.4.